The molecule has 2 aromatic carbocycles. The quantitative estimate of drug-likeness (QED) is 0.287. The highest BCUT2D eigenvalue weighted by molar-refractivity contribution is 5.93. The fourth-order valence-electron chi connectivity index (χ4n) is 4.24. The van der Waals surface area contributed by atoms with E-state index >= 15 is 0 Å². The maximum atomic E-state index is 12.5. The topological polar surface area (TPSA) is 52.6 Å². The van der Waals surface area contributed by atoms with Crippen molar-refractivity contribution in [3.63, 3.8) is 0 Å². The van der Waals surface area contributed by atoms with Crippen molar-refractivity contribution in [3.05, 3.63) is 70.8 Å². The summed E-state index contributed by atoms with van der Waals surface area (Å²) in [4.78, 5) is 24.7. The number of fused-ring (bicyclic) bond motifs is 1. The van der Waals surface area contributed by atoms with Crippen molar-refractivity contribution in [1.82, 2.24) is 0 Å². The van der Waals surface area contributed by atoms with E-state index in [9.17, 15) is 9.59 Å². The number of hydrogen-bond donors (Lipinski definition) is 0. The van der Waals surface area contributed by atoms with E-state index in [1.165, 1.54) is 23.6 Å². The van der Waals surface area contributed by atoms with Gasteiger partial charge in [-0.15, -0.1) is 0 Å². The van der Waals surface area contributed by atoms with Gasteiger partial charge in [-0.25, -0.2) is 9.59 Å². The Morgan fingerprint density at radius 3 is 1.97 bits per heavy atom. The summed E-state index contributed by atoms with van der Waals surface area (Å²) >= 11 is 0. The maximum Gasteiger partial charge on any atom is 0.338 e. The molecule has 2 aromatic rings. The van der Waals surface area contributed by atoms with Crippen LogP contribution in [0.2, 0.25) is 0 Å². The van der Waals surface area contributed by atoms with Gasteiger partial charge in [-0.1, -0.05) is 45.9 Å². The lowest BCUT2D eigenvalue weighted by atomic mass is 9.63. The zero-order valence-electron chi connectivity index (χ0n) is 21.2. The predicted molar refractivity (Wildman–Crippen MR) is 133 cm³/mol. The summed E-state index contributed by atoms with van der Waals surface area (Å²) in [7, 11) is 0. The van der Waals surface area contributed by atoms with Crippen molar-refractivity contribution < 1.29 is 19.1 Å². The second-order valence-corrected chi connectivity index (χ2v) is 11.3. The van der Waals surface area contributed by atoms with Crippen molar-refractivity contribution in [2.24, 2.45) is 0 Å². The van der Waals surface area contributed by atoms with Crippen molar-refractivity contribution in [1.29, 1.82) is 0 Å². The average molecular weight is 449 g/mol. The predicted octanol–water partition coefficient (Wildman–Crippen LogP) is 7.00. The Balaban J connectivity index is 1.74. The van der Waals surface area contributed by atoms with E-state index in [1.807, 2.05) is 27.7 Å². The van der Waals surface area contributed by atoms with Crippen LogP contribution >= 0.6 is 0 Å². The molecule has 0 heterocycles. The van der Waals surface area contributed by atoms with Crippen LogP contribution in [0.4, 0.5) is 0 Å². The van der Waals surface area contributed by atoms with E-state index in [4.69, 9.17) is 9.47 Å². The Kier molecular flexibility index (Phi) is 6.61. The van der Waals surface area contributed by atoms with Gasteiger partial charge in [-0.05, 0) is 97.9 Å². The smallest absolute Gasteiger partial charge is 0.338 e. The summed E-state index contributed by atoms with van der Waals surface area (Å²) in [6.45, 7) is 16.6. The minimum absolute atomic E-state index is 0.109. The fraction of sp³-hybridized carbons (Fsp3) is 0.448. The van der Waals surface area contributed by atoms with Crippen LogP contribution in [-0.4, -0.2) is 17.5 Å². The maximum absolute atomic E-state index is 12.5. The van der Waals surface area contributed by atoms with E-state index < -0.39 is 17.5 Å². The average Bonchev–Trinajstić information content (AvgIpc) is 2.70. The number of carbonyl (C=O) groups is 2. The standard InChI is InChI=1S/C29H36O4/c1-19(21-11-14-23-24(18-21)29(7,8)16-15-28(23,5)6)17-25(30)32-22-12-9-20(10-13-22)26(31)33-27(2,3)4/h9-14,17-18H,15-16H2,1-8H3/b19-17-. The molecule has 0 amide bonds. The highest BCUT2D eigenvalue weighted by Crippen LogP contribution is 2.46. The molecule has 4 heteroatoms. The SMILES string of the molecule is C/C(=C/C(=O)Oc1ccc(C(=O)OC(C)(C)C)cc1)c1ccc2c(c1)C(C)(C)CCC2(C)C. The van der Waals surface area contributed by atoms with Crippen LogP contribution in [0.15, 0.2) is 48.5 Å². The van der Waals surface area contributed by atoms with Crippen molar-refractivity contribution in [2.75, 3.05) is 0 Å². The first-order chi connectivity index (χ1) is 15.2. The molecule has 0 spiro atoms. The summed E-state index contributed by atoms with van der Waals surface area (Å²) < 4.78 is 10.8. The molecule has 1 aliphatic rings. The summed E-state index contributed by atoms with van der Waals surface area (Å²) in [5.74, 6) is -0.478. The molecule has 1 aliphatic carbocycles. The van der Waals surface area contributed by atoms with E-state index in [2.05, 4.69) is 45.9 Å². The van der Waals surface area contributed by atoms with E-state index in [1.54, 1.807) is 24.3 Å². The number of ether oxygens (including phenoxy) is 2. The number of hydrogen-bond acceptors (Lipinski definition) is 4. The Bertz CT molecular complexity index is 1080. The largest absolute Gasteiger partial charge is 0.456 e. The summed E-state index contributed by atoms with van der Waals surface area (Å²) in [6.07, 6.45) is 3.82. The van der Waals surface area contributed by atoms with Gasteiger partial charge in [0.15, 0.2) is 0 Å². The van der Waals surface area contributed by atoms with Gasteiger partial charge in [0.1, 0.15) is 11.4 Å². The normalized spacial score (nSPS) is 17.2. The van der Waals surface area contributed by atoms with E-state index in [0.717, 1.165) is 17.6 Å². The molecule has 176 valence electrons. The Morgan fingerprint density at radius 2 is 1.39 bits per heavy atom. The van der Waals surface area contributed by atoms with Crippen molar-refractivity contribution in [3.8, 4) is 5.75 Å². The number of esters is 2. The molecule has 33 heavy (non-hydrogen) atoms. The Hall–Kier alpha value is -2.88. The van der Waals surface area contributed by atoms with Crippen LogP contribution in [0.25, 0.3) is 5.57 Å². The first-order valence-electron chi connectivity index (χ1n) is 11.6. The van der Waals surface area contributed by atoms with Gasteiger partial charge in [0.25, 0.3) is 0 Å². The molecule has 3 rings (SSSR count). The van der Waals surface area contributed by atoms with Crippen LogP contribution < -0.4 is 4.74 Å². The lowest BCUT2D eigenvalue weighted by Gasteiger charge is -2.42. The van der Waals surface area contributed by atoms with Gasteiger partial charge < -0.3 is 9.47 Å². The summed E-state index contributed by atoms with van der Waals surface area (Å²) in [6, 6.07) is 12.9. The second-order valence-electron chi connectivity index (χ2n) is 11.3. The molecule has 0 saturated carbocycles. The molecule has 0 radical (unpaired) electrons. The Morgan fingerprint density at radius 1 is 0.848 bits per heavy atom. The summed E-state index contributed by atoms with van der Waals surface area (Å²) in [5, 5.41) is 0. The molecule has 0 saturated heterocycles. The molecular weight excluding hydrogens is 412 g/mol. The molecule has 0 atom stereocenters. The number of benzene rings is 2. The van der Waals surface area contributed by atoms with Crippen LogP contribution in [0.1, 0.15) is 95.3 Å². The zero-order valence-corrected chi connectivity index (χ0v) is 21.2. The fourth-order valence-corrected chi connectivity index (χ4v) is 4.24. The highest BCUT2D eigenvalue weighted by Gasteiger charge is 2.37. The van der Waals surface area contributed by atoms with E-state index in [0.29, 0.717) is 11.3 Å². The minimum Gasteiger partial charge on any atom is -0.456 e. The van der Waals surface area contributed by atoms with Crippen molar-refractivity contribution >= 4 is 17.5 Å². The molecular formula is C29H36O4. The second kappa shape index (κ2) is 8.81. The van der Waals surface area contributed by atoms with Gasteiger partial charge >= 0.3 is 11.9 Å². The van der Waals surface area contributed by atoms with Gasteiger partial charge in [0.2, 0.25) is 0 Å². The third-order valence-corrected chi connectivity index (χ3v) is 6.35. The van der Waals surface area contributed by atoms with Gasteiger partial charge in [0, 0.05) is 6.08 Å². The molecule has 0 fully saturated rings. The molecule has 0 aliphatic heterocycles. The third-order valence-electron chi connectivity index (χ3n) is 6.35. The number of carbonyl (C=O) groups excluding carboxylic acids is 2. The summed E-state index contributed by atoms with van der Waals surface area (Å²) in [5.41, 5.74) is 4.74. The first-order valence-corrected chi connectivity index (χ1v) is 11.6. The Labute approximate surface area is 198 Å². The van der Waals surface area contributed by atoms with Gasteiger partial charge in [-0.2, -0.15) is 0 Å². The highest BCUT2D eigenvalue weighted by atomic mass is 16.6. The lowest BCUT2D eigenvalue weighted by Crippen LogP contribution is -2.33. The molecule has 0 N–H and O–H groups in total. The van der Waals surface area contributed by atoms with Crippen molar-refractivity contribution in [2.45, 2.75) is 84.7 Å². The third kappa shape index (κ3) is 5.93. The molecule has 0 aromatic heterocycles. The van der Waals surface area contributed by atoms with Crippen LogP contribution in [0.5, 0.6) is 5.75 Å². The minimum atomic E-state index is -0.563. The molecule has 0 unspecified atom stereocenters. The number of rotatable bonds is 4. The molecule has 0 bridgehead atoms. The monoisotopic (exact) mass is 448 g/mol. The van der Waals surface area contributed by atoms with Crippen LogP contribution in [0.3, 0.4) is 0 Å². The van der Waals surface area contributed by atoms with Crippen LogP contribution in [0, 0.1) is 0 Å². The number of allylic oxidation sites excluding steroid dienone is 1. The lowest BCUT2D eigenvalue weighted by molar-refractivity contribution is -0.128. The van der Waals surface area contributed by atoms with Gasteiger partial charge in [0.05, 0.1) is 5.56 Å². The first kappa shape index (κ1) is 24.8. The van der Waals surface area contributed by atoms with E-state index in [-0.39, 0.29) is 10.8 Å². The zero-order chi connectivity index (χ0) is 24.6. The molecule has 4 nitrogen and oxygen atoms in total. The van der Waals surface area contributed by atoms with Crippen LogP contribution in [-0.2, 0) is 20.4 Å². The van der Waals surface area contributed by atoms with Gasteiger partial charge in [-0.3, -0.25) is 0 Å².